The second-order valence-electron chi connectivity index (χ2n) is 9.01. The van der Waals surface area contributed by atoms with Gasteiger partial charge in [-0.3, -0.25) is 0 Å². The van der Waals surface area contributed by atoms with Gasteiger partial charge in [-0.15, -0.1) is 0 Å². The molecule has 2 nitrogen and oxygen atoms in total. The Kier molecular flexibility index (Phi) is 4.88. The Morgan fingerprint density at radius 2 is 1.57 bits per heavy atom. The summed E-state index contributed by atoms with van der Waals surface area (Å²) in [4.78, 5) is 5.91. The summed E-state index contributed by atoms with van der Waals surface area (Å²) in [6.45, 7) is 0.360. The van der Waals surface area contributed by atoms with Gasteiger partial charge >= 0.3 is 0 Å². The van der Waals surface area contributed by atoms with E-state index in [2.05, 4.69) is 30.3 Å². The molecular weight excluding hydrogens is 389 g/mol. The van der Waals surface area contributed by atoms with Crippen LogP contribution in [0.4, 0.5) is 0 Å². The summed E-state index contributed by atoms with van der Waals surface area (Å²) >= 11 is 12.3. The molecule has 2 aromatic rings. The molecule has 0 heterocycles. The zero-order valence-corrected chi connectivity index (χ0v) is 17.4. The molecule has 0 spiro atoms. The fourth-order valence-electron chi connectivity index (χ4n) is 6.26. The van der Waals surface area contributed by atoms with Crippen LogP contribution in [0, 0.1) is 23.2 Å². The van der Waals surface area contributed by atoms with Crippen LogP contribution in [-0.4, -0.2) is 5.71 Å². The molecule has 0 saturated heterocycles. The third kappa shape index (κ3) is 3.46. The van der Waals surface area contributed by atoms with Crippen molar-refractivity contribution in [3.63, 3.8) is 0 Å². The number of hydrogen-bond donors (Lipinski definition) is 0. The first-order valence-corrected chi connectivity index (χ1v) is 11.1. The maximum Gasteiger partial charge on any atom is 0.143 e. The molecule has 4 aliphatic carbocycles. The smallest absolute Gasteiger partial charge is 0.143 e. The Morgan fingerprint density at radius 1 is 0.929 bits per heavy atom. The number of benzene rings is 2. The van der Waals surface area contributed by atoms with E-state index in [9.17, 15) is 0 Å². The van der Waals surface area contributed by atoms with Gasteiger partial charge in [-0.25, -0.2) is 0 Å². The number of oxime groups is 1. The van der Waals surface area contributed by atoms with Crippen LogP contribution in [0.2, 0.25) is 10.0 Å². The highest BCUT2D eigenvalue weighted by atomic mass is 35.5. The van der Waals surface area contributed by atoms with Crippen molar-refractivity contribution in [3.8, 4) is 0 Å². The summed E-state index contributed by atoms with van der Waals surface area (Å²) in [5, 5.41) is 6.03. The minimum atomic E-state index is 0.180. The molecule has 0 radical (unpaired) electrons. The molecule has 28 heavy (non-hydrogen) atoms. The Bertz CT molecular complexity index is 857. The number of nitrogens with zero attached hydrogens (tertiary/aromatic N) is 1. The first-order valence-electron chi connectivity index (χ1n) is 10.3. The summed E-state index contributed by atoms with van der Waals surface area (Å²) in [5.41, 5.74) is 3.44. The lowest BCUT2D eigenvalue weighted by molar-refractivity contribution is -0.0148. The summed E-state index contributed by atoms with van der Waals surface area (Å²) in [5.74, 6) is 2.60. The van der Waals surface area contributed by atoms with Crippen LogP contribution in [0.3, 0.4) is 0 Å². The normalized spacial score (nSPS) is 31.2. The molecule has 0 N–H and O–H groups in total. The lowest BCUT2D eigenvalue weighted by atomic mass is 9.48. The van der Waals surface area contributed by atoms with Gasteiger partial charge in [-0.1, -0.05) is 64.8 Å². The Hall–Kier alpha value is -1.51. The first-order chi connectivity index (χ1) is 13.6. The Balaban J connectivity index is 1.45. The quantitative estimate of drug-likeness (QED) is 0.377. The fourth-order valence-corrected chi connectivity index (χ4v) is 6.72. The molecule has 0 unspecified atom stereocenters. The predicted octanol–water partition coefficient (Wildman–Crippen LogP) is 7.13. The van der Waals surface area contributed by atoms with Crippen molar-refractivity contribution in [2.75, 3.05) is 0 Å². The summed E-state index contributed by atoms with van der Waals surface area (Å²) < 4.78 is 0. The maximum absolute atomic E-state index is 6.31. The molecule has 0 aliphatic heterocycles. The highest BCUT2D eigenvalue weighted by Crippen LogP contribution is 2.61. The van der Waals surface area contributed by atoms with E-state index in [4.69, 9.17) is 33.2 Å². The monoisotopic (exact) mass is 413 g/mol. The zero-order valence-electron chi connectivity index (χ0n) is 15.9. The van der Waals surface area contributed by atoms with E-state index in [0.717, 1.165) is 29.0 Å². The third-order valence-corrected chi connectivity index (χ3v) is 7.57. The SMILES string of the molecule is Clc1ccc(CO/N=C(\c2ccccc2)C23CC4CC(CC(C4)C2)C3)c(Cl)c1. The van der Waals surface area contributed by atoms with Gasteiger partial charge in [0.05, 0.1) is 5.71 Å². The predicted molar refractivity (Wildman–Crippen MR) is 115 cm³/mol. The summed E-state index contributed by atoms with van der Waals surface area (Å²) in [6.07, 6.45) is 8.04. The standard InChI is InChI=1S/C24H25Cl2NO/c25-21-7-6-20(22(26)11-21)15-28-27-23(19-4-2-1-3-5-19)24-12-16-8-17(13-24)10-18(9-16)14-24/h1-7,11,16-18H,8-10,12-15H2/b27-23+. The second-order valence-corrected chi connectivity index (χ2v) is 9.86. The van der Waals surface area contributed by atoms with Gasteiger partial charge in [-0.05, 0) is 74.0 Å². The lowest BCUT2D eigenvalue weighted by Crippen LogP contribution is -2.50. The number of rotatable bonds is 5. The van der Waals surface area contributed by atoms with Gasteiger partial charge in [0, 0.05) is 21.0 Å². The van der Waals surface area contributed by atoms with Crippen LogP contribution >= 0.6 is 23.2 Å². The van der Waals surface area contributed by atoms with E-state index in [-0.39, 0.29) is 5.41 Å². The van der Waals surface area contributed by atoms with E-state index in [1.165, 1.54) is 44.1 Å². The van der Waals surface area contributed by atoms with E-state index >= 15 is 0 Å². The van der Waals surface area contributed by atoms with Crippen LogP contribution < -0.4 is 0 Å². The summed E-state index contributed by atoms with van der Waals surface area (Å²) in [7, 11) is 0. The number of hydrogen-bond acceptors (Lipinski definition) is 2. The maximum atomic E-state index is 6.31. The molecule has 4 saturated carbocycles. The third-order valence-electron chi connectivity index (χ3n) is 6.98. The topological polar surface area (TPSA) is 21.6 Å². The highest BCUT2D eigenvalue weighted by Gasteiger charge is 2.53. The van der Waals surface area contributed by atoms with E-state index in [0.29, 0.717) is 16.7 Å². The zero-order chi connectivity index (χ0) is 19.1. The number of halogens is 2. The van der Waals surface area contributed by atoms with Crippen LogP contribution in [0.15, 0.2) is 53.7 Å². The minimum absolute atomic E-state index is 0.180. The molecule has 0 aromatic heterocycles. The molecule has 146 valence electrons. The van der Waals surface area contributed by atoms with E-state index in [1.807, 2.05) is 12.1 Å². The average Bonchev–Trinajstić information content (AvgIpc) is 2.66. The second kappa shape index (κ2) is 7.39. The van der Waals surface area contributed by atoms with Gasteiger partial charge in [0.1, 0.15) is 6.61 Å². The van der Waals surface area contributed by atoms with Gasteiger partial charge < -0.3 is 4.84 Å². The molecule has 0 amide bonds. The highest BCUT2D eigenvalue weighted by molar-refractivity contribution is 6.35. The van der Waals surface area contributed by atoms with Gasteiger partial charge in [0.2, 0.25) is 0 Å². The molecule has 4 bridgehead atoms. The molecule has 4 aliphatic rings. The molecule has 6 rings (SSSR count). The van der Waals surface area contributed by atoms with Gasteiger partial charge in [-0.2, -0.15) is 0 Å². The molecule has 4 heteroatoms. The first kappa shape index (κ1) is 18.5. The summed E-state index contributed by atoms with van der Waals surface area (Å²) in [6, 6.07) is 16.1. The molecule has 2 aromatic carbocycles. The van der Waals surface area contributed by atoms with E-state index in [1.54, 1.807) is 6.07 Å². The van der Waals surface area contributed by atoms with Crippen molar-refractivity contribution in [2.24, 2.45) is 28.3 Å². The van der Waals surface area contributed by atoms with E-state index < -0.39 is 0 Å². The average molecular weight is 414 g/mol. The van der Waals surface area contributed by atoms with Crippen LogP contribution in [-0.2, 0) is 11.4 Å². The van der Waals surface area contributed by atoms with Crippen molar-refractivity contribution in [2.45, 2.75) is 45.1 Å². The van der Waals surface area contributed by atoms with Gasteiger partial charge in [0.25, 0.3) is 0 Å². The van der Waals surface area contributed by atoms with Crippen LogP contribution in [0.1, 0.15) is 49.7 Å². The molecule has 0 atom stereocenters. The fraction of sp³-hybridized carbons (Fsp3) is 0.458. The van der Waals surface area contributed by atoms with Crippen molar-refractivity contribution < 1.29 is 4.84 Å². The van der Waals surface area contributed by atoms with Gasteiger partial charge in [0.15, 0.2) is 0 Å². The van der Waals surface area contributed by atoms with Crippen molar-refractivity contribution in [3.05, 3.63) is 69.7 Å². The van der Waals surface area contributed by atoms with Crippen molar-refractivity contribution in [1.82, 2.24) is 0 Å². The minimum Gasteiger partial charge on any atom is -0.391 e. The molecule has 4 fully saturated rings. The molecular formula is C24H25Cl2NO. The van der Waals surface area contributed by atoms with Crippen molar-refractivity contribution in [1.29, 1.82) is 0 Å². The lowest BCUT2D eigenvalue weighted by Gasteiger charge is -2.56. The Labute approximate surface area is 176 Å². The largest absolute Gasteiger partial charge is 0.391 e. The van der Waals surface area contributed by atoms with Crippen LogP contribution in [0.25, 0.3) is 0 Å². The van der Waals surface area contributed by atoms with Crippen molar-refractivity contribution >= 4 is 28.9 Å². The van der Waals surface area contributed by atoms with Crippen LogP contribution in [0.5, 0.6) is 0 Å². The Morgan fingerprint density at radius 3 is 2.18 bits per heavy atom.